The molecule has 4 heterocycles. The smallest absolute Gasteiger partial charge is 0.421 e. The van der Waals surface area contributed by atoms with Gasteiger partial charge in [0, 0.05) is 12.7 Å². The SMILES string of the molecule is COCCOC(=O)N1C(=O)C2(c3cc(C#CC4(O)CCCCCC4)ccc31)C(C(=O)NCc1nc3ccccc3[nH]1)C1C(=O)OC(c3ccccc3)C(c3ccccc3)N1C2c1ccc(OCCO)cc1. The normalized spacial score (nSPS) is 23.5. The van der Waals surface area contributed by atoms with Crippen LogP contribution < -0.4 is 15.0 Å². The molecule has 6 atom stereocenters. The second-order valence-electron chi connectivity index (χ2n) is 18.5. The molecule has 15 heteroatoms. The van der Waals surface area contributed by atoms with E-state index in [2.05, 4.69) is 22.1 Å². The van der Waals surface area contributed by atoms with E-state index in [1.807, 2.05) is 89.8 Å². The van der Waals surface area contributed by atoms with E-state index in [0.717, 1.165) is 41.7 Å². The van der Waals surface area contributed by atoms with E-state index in [9.17, 15) is 15.0 Å². The van der Waals surface area contributed by atoms with Gasteiger partial charge in [0.2, 0.25) is 11.8 Å². The number of esters is 1. The Morgan fingerprint density at radius 2 is 1.54 bits per heavy atom. The van der Waals surface area contributed by atoms with E-state index in [4.69, 9.17) is 23.9 Å². The van der Waals surface area contributed by atoms with Crippen molar-refractivity contribution in [2.45, 2.75) is 80.3 Å². The number of anilines is 1. The molecule has 2 saturated heterocycles. The van der Waals surface area contributed by atoms with E-state index in [1.54, 1.807) is 42.5 Å². The number of methoxy groups -OCH3 is 1. The third-order valence-corrected chi connectivity index (χ3v) is 14.2. The second kappa shape index (κ2) is 20.2. The van der Waals surface area contributed by atoms with Crippen LogP contribution in [-0.2, 0) is 40.6 Å². The molecule has 3 aliphatic heterocycles. The summed E-state index contributed by atoms with van der Waals surface area (Å²) < 4.78 is 23.4. The average Bonchev–Trinajstić information content (AvgIpc) is 3.98. The molecule has 6 aromatic rings. The van der Waals surface area contributed by atoms with Gasteiger partial charge in [-0.15, -0.1) is 0 Å². The largest absolute Gasteiger partial charge is 0.491 e. The number of benzene rings is 5. The highest BCUT2D eigenvalue weighted by molar-refractivity contribution is 6.23. The maximum Gasteiger partial charge on any atom is 0.421 e. The number of ether oxygens (including phenoxy) is 4. The minimum absolute atomic E-state index is 0.0278. The van der Waals surface area contributed by atoms with Gasteiger partial charge in [-0.25, -0.2) is 14.7 Å². The first-order valence-electron chi connectivity index (χ1n) is 24.2. The van der Waals surface area contributed by atoms with Crippen molar-refractivity contribution in [3.05, 3.63) is 161 Å². The fourth-order valence-corrected chi connectivity index (χ4v) is 11.1. The Morgan fingerprint density at radius 1 is 0.831 bits per heavy atom. The average molecular weight is 958 g/mol. The molecule has 6 unspecified atom stereocenters. The van der Waals surface area contributed by atoms with E-state index < -0.39 is 65.0 Å². The summed E-state index contributed by atoms with van der Waals surface area (Å²) in [6.45, 7) is -0.434. The number of aromatic amines is 1. The number of carbonyl (C=O) groups excluding carboxylic acids is 4. The topological polar surface area (TPSA) is 193 Å². The maximum atomic E-state index is 16.5. The molecule has 1 saturated carbocycles. The molecule has 1 aliphatic carbocycles. The first-order valence-corrected chi connectivity index (χ1v) is 24.2. The predicted octanol–water partition coefficient (Wildman–Crippen LogP) is 7.14. The van der Waals surface area contributed by atoms with Crippen LogP contribution in [0.5, 0.6) is 5.75 Å². The Hall–Kier alpha value is -7.35. The number of aliphatic hydroxyl groups excluding tert-OH is 1. The van der Waals surface area contributed by atoms with E-state index >= 15 is 14.4 Å². The molecule has 15 nitrogen and oxygen atoms in total. The zero-order chi connectivity index (χ0) is 49.1. The lowest BCUT2D eigenvalue weighted by atomic mass is 9.65. The van der Waals surface area contributed by atoms with Crippen molar-refractivity contribution in [2.24, 2.45) is 5.92 Å². The molecule has 4 aliphatic rings. The molecule has 0 radical (unpaired) electrons. The number of carbonyl (C=O) groups is 4. The summed E-state index contributed by atoms with van der Waals surface area (Å²) >= 11 is 0. The highest BCUT2D eigenvalue weighted by atomic mass is 16.6. The molecular weight excluding hydrogens is 903 g/mol. The van der Waals surface area contributed by atoms with Gasteiger partial charge in [0.1, 0.15) is 47.9 Å². The first-order chi connectivity index (χ1) is 34.6. The Kier molecular flexibility index (Phi) is 13.4. The number of para-hydroxylation sites is 2. The van der Waals surface area contributed by atoms with Gasteiger partial charge in [0.15, 0.2) is 0 Å². The standard InChI is InChI=1S/C56H55N5O10/c1-68-32-33-70-54(66)60-44-25-20-36(26-29-55(67)27-12-2-3-13-28-55)34-41(44)56(53(60)65)46(51(63)57-35-45-58-42-18-10-11-19-43(42)59-45)48-52(64)71-49(38-16-8-5-9-17-38)47(37-14-6-4-7-15-37)61(48)50(56)39-21-23-40(24-22-39)69-31-30-62/h4-11,14-25,34,46-50,62,67H,2-3,12-13,27-28,30-33,35H2,1H3,(H,57,63)(H,58,59). The molecule has 10 rings (SSSR count). The van der Waals surface area contributed by atoms with E-state index in [1.165, 1.54) is 7.11 Å². The molecule has 3 fully saturated rings. The van der Waals surface area contributed by atoms with Crippen molar-refractivity contribution in [3.63, 3.8) is 0 Å². The summed E-state index contributed by atoms with van der Waals surface area (Å²) in [5.74, 6) is 3.45. The van der Waals surface area contributed by atoms with Crippen LogP contribution in [0.15, 0.2) is 127 Å². The summed E-state index contributed by atoms with van der Waals surface area (Å²) in [7, 11) is 1.46. The number of aromatic nitrogens is 2. The quantitative estimate of drug-likeness (QED) is 0.0420. The summed E-state index contributed by atoms with van der Waals surface area (Å²) in [4.78, 5) is 73.3. The van der Waals surface area contributed by atoms with E-state index in [-0.39, 0.29) is 44.2 Å². The van der Waals surface area contributed by atoms with Crippen molar-refractivity contribution < 1.29 is 48.3 Å². The zero-order valence-electron chi connectivity index (χ0n) is 39.3. The Morgan fingerprint density at radius 3 is 2.24 bits per heavy atom. The number of amides is 3. The minimum atomic E-state index is -2.08. The van der Waals surface area contributed by atoms with Gasteiger partial charge < -0.3 is 39.5 Å². The molecule has 1 aromatic heterocycles. The summed E-state index contributed by atoms with van der Waals surface area (Å²) in [6.07, 6.45) is 2.71. The van der Waals surface area contributed by atoms with Crippen LogP contribution in [0.1, 0.15) is 90.4 Å². The van der Waals surface area contributed by atoms with Crippen molar-refractivity contribution in [3.8, 4) is 17.6 Å². The van der Waals surface area contributed by atoms with Crippen LogP contribution in [0.3, 0.4) is 0 Å². The minimum Gasteiger partial charge on any atom is -0.491 e. The number of aliphatic hydroxyl groups is 2. The number of rotatable bonds is 12. The van der Waals surface area contributed by atoms with Gasteiger partial charge in [0.25, 0.3) is 0 Å². The van der Waals surface area contributed by atoms with Crippen LogP contribution in [0, 0.1) is 17.8 Å². The number of fused-ring (bicyclic) bond motifs is 4. The summed E-state index contributed by atoms with van der Waals surface area (Å²) in [6, 6.07) is 34.9. The van der Waals surface area contributed by atoms with Crippen molar-refractivity contribution in [1.82, 2.24) is 20.2 Å². The Labute approximate surface area is 411 Å². The fourth-order valence-electron chi connectivity index (χ4n) is 11.1. The Bertz CT molecular complexity index is 2950. The molecule has 1 spiro atoms. The third-order valence-electron chi connectivity index (χ3n) is 14.2. The van der Waals surface area contributed by atoms with Crippen LogP contribution in [0.4, 0.5) is 10.5 Å². The number of nitrogens with one attached hydrogen (secondary N) is 2. The van der Waals surface area contributed by atoms with Gasteiger partial charge in [-0.05, 0) is 90.4 Å². The number of cyclic esters (lactones) is 1. The van der Waals surface area contributed by atoms with E-state index in [0.29, 0.717) is 46.6 Å². The predicted molar refractivity (Wildman–Crippen MR) is 262 cm³/mol. The highest BCUT2D eigenvalue weighted by Crippen LogP contribution is 2.66. The number of hydrogen-bond donors (Lipinski definition) is 4. The van der Waals surface area contributed by atoms with Crippen molar-refractivity contribution in [1.29, 1.82) is 0 Å². The van der Waals surface area contributed by atoms with Gasteiger partial charge in [-0.1, -0.05) is 110 Å². The fraction of sp³-hybridized carbons (Fsp3) is 0.339. The monoisotopic (exact) mass is 957 g/mol. The second-order valence-corrected chi connectivity index (χ2v) is 18.5. The lowest BCUT2D eigenvalue weighted by molar-refractivity contribution is -0.178. The van der Waals surface area contributed by atoms with Crippen molar-refractivity contribution in [2.75, 3.05) is 38.4 Å². The molecule has 364 valence electrons. The highest BCUT2D eigenvalue weighted by Gasteiger charge is 2.75. The van der Waals surface area contributed by atoms with Gasteiger partial charge in [-0.3, -0.25) is 19.3 Å². The summed E-state index contributed by atoms with van der Waals surface area (Å²) in [5.41, 5.74) is 0.869. The molecule has 0 bridgehead atoms. The third kappa shape index (κ3) is 8.82. The molecular formula is C56H55N5O10. The molecule has 71 heavy (non-hydrogen) atoms. The maximum absolute atomic E-state index is 16.5. The molecule has 5 aromatic carbocycles. The van der Waals surface area contributed by atoms with Crippen molar-refractivity contribution >= 4 is 40.6 Å². The number of morpholine rings is 1. The van der Waals surface area contributed by atoms with Gasteiger partial charge in [-0.2, -0.15) is 0 Å². The van der Waals surface area contributed by atoms with Crippen LogP contribution in [0.25, 0.3) is 11.0 Å². The summed E-state index contributed by atoms with van der Waals surface area (Å²) in [5, 5.41) is 24.4. The van der Waals surface area contributed by atoms with Crippen LogP contribution >= 0.6 is 0 Å². The number of hydrogen-bond acceptors (Lipinski definition) is 12. The number of H-pyrrole nitrogens is 1. The van der Waals surface area contributed by atoms with Crippen LogP contribution in [-0.4, -0.2) is 94.1 Å². The van der Waals surface area contributed by atoms with Gasteiger partial charge in [0.05, 0.1) is 54.5 Å². The van der Waals surface area contributed by atoms with Gasteiger partial charge >= 0.3 is 12.1 Å². The number of imidazole rings is 1. The zero-order valence-corrected chi connectivity index (χ0v) is 39.3. The lowest BCUT2D eigenvalue weighted by Gasteiger charge is -2.46. The molecule has 4 N–H and O–H groups in total. The number of imide groups is 1. The number of nitrogens with zero attached hydrogens (tertiary/aromatic N) is 3. The van der Waals surface area contributed by atoms with Crippen LogP contribution in [0.2, 0.25) is 0 Å². The molecule has 3 amide bonds. The first kappa shape index (κ1) is 47.3. The Balaban J connectivity index is 1.24. The lowest BCUT2D eigenvalue weighted by Crippen LogP contribution is -2.55.